The van der Waals surface area contributed by atoms with Crippen molar-refractivity contribution < 1.29 is 17.9 Å². The van der Waals surface area contributed by atoms with Crippen LogP contribution in [0.25, 0.3) is 0 Å². The van der Waals surface area contributed by atoms with Crippen LogP contribution in [-0.4, -0.2) is 50.2 Å². The fraction of sp³-hybridized carbons (Fsp3) is 0.933. The van der Waals surface area contributed by atoms with Crippen LogP contribution in [0.2, 0.25) is 0 Å². The molecule has 0 aromatic rings. The van der Waals surface area contributed by atoms with E-state index >= 15 is 0 Å². The maximum atomic E-state index is 11.7. The van der Waals surface area contributed by atoms with Gasteiger partial charge in [-0.2, -0.15) is 0 Å². The van der Waals surface area contributed by atoms with Gasteiger partial charge in [0, 0.05) is 24.4 Å². The van der Waals surface area contributed by atoms with E-state index in [2.05, 4.69) is 10.6 Å². The molecule has 2 N–H and O–H groups in total. The predicted octanol–water partition coefficient (Wildman–Crippen LogP) is 1.95. The second-order valence-corrected chi connectivity index (χ2v) is 9.40. The van der Waals surface area contributed by atoms with E-state index in [1.165, 1.54) is 0 Å². The Morgan fingerprint density at radius 3 is 2.14 bits per heavy atom. The summed E-state index contributed by atoms with van der Waals surface area (Å²) in [4.78, 5) is 11.7. The Balaban J connectivity index is 4.47. The third-order valence-corrected chi connectivity index (χ3v) is 5.00. The number of hydrogen-bond donors (Lipinski definition) is 2. The molecule has 6 nitrogen and oxygen atoms in total. The topological polar surface area (TPSA) is 84.5 Å². The minimum Gasteiger partial charge on any atom is -0.444 e. The summed E-state index contributed by atoms with van der Waals surface area (Å²) in [5.74, 6) is 0.488. The number of sulfone groups is 1. The molecule has 0 aromatic heterocycles. The molecule has 0 aliphatic rings. The van der Waals surface area contributed by atoms with Gasteiger partial charge in [0.05, 0.1) is 5.75 Å². The first-order valence-corrected chi connectivity index (χ1v) is 9.61. The largest absolute Gasteiger partial charge is 0.444 e. The molecule has 0 saturated carbocycles. The van der Waals surface area contributed by atoms with Gasteiger partial charge in [0.2, 0.25) is 0 Å². The van der Waals surface area contributed by atoms with Crippen molar-refractivity contribution in [3.8, 4) is 0 Å². The Morgan fingerprint density at radius 1 is 1.18 bits per heavy atom. The lowest BCUT2D eigenvalue weighted by atomic mass is 10.0. The van der Waals surface area contributed by atoms with E-state index in [1.54, 1.807) is 6.92 Å². The van der Waals surface area contributed by atoms with Gasteiger partial charge in [-0.25, -0.2) is 13.2 Å². The monoisotopic (exact) mass is 336 g/mol. The van der Waals surface area contributed by atoms with Gasteiger partial charge in [0.15, 0.2) is 9.84 Å². The molecule has 0 bridgehead atoms. The molecule has 0 aliphatic heterocycles. The van der Waals surface area contributed by atoms with Crippen LogP contribution < -0.4 is 10.6 Å². The minimum absolute atomic E-state index is 0.0189. The molecule has 2 unspecified atom stereocenters. The second-order valence-electron chi connectivity index (χ2n) is 7.00. The van der Waals surface area contributed by atoms with E-state index in [0.717, 1.165) is 0 Å². The molecule has 0 aliphatic carbocycles. The highest BCUT2D eigenvalue weighted by atomic mass is 32.2. The van der Waals surface area contributed by atoms with Gasteiger partial charge in [0.1, 0.15) is 5.60 Å². The number of hydrogen-bond acceptors (Lipinski definition) is 5. The second kappa shape index (κ2) is 8.72. The lowest BCUT2D eigenvalue weighted by Gasteiger charge is -2.27. The van der Waals surface area contributed by atoms with Gasteiger partial charge in [-0.05, 0) is 33.6 Å². The molecule has 1 amide bonds. The van der Waals surface area contributed by atoms with Crippen LogP contribution in [-0.2, 0) is 14.6 Å². The van der Waals surface area contributed by atoms with E-state index in [-0.39, 0.29) is 29.5 Å². The highest BCUT2D eigenvalue weighted by molar-refractivity contribution is 7.91. The van der Waals surface area contributed by atoms with E-state index < -0.39 is 21.5 Å². The minimum atomic E-state index is -3.02. The quantitative estimate of drug-likeness (QED) is 0.708. The van der Waals surface area contributed by atoms with Gasteiger partial charge >= 0.3 is 6.09 Å². The highest BCUT2D eigenvalue weighted by Gasteiger charge is 2.22. The molecule has 2 atom stereocenters. The lowest BCUT2D eigenvalue weighted by molar-refractivity contribution is 0.0518. The zero-order valence-electron chi connectivity index (χ0n) is 14.9. The Bertz CT molecular complexity index is 441. The molecule has 0 radical (unpaired) electrons. The Hall–Kier alpha value is -0.820. The van der Waals surface area contributed by atoms with Crippen molar-refractivity contribution in [2.45, 2.75) is 66.2 Å². The molecular formula is C15H32N2O4S. The molecular weight excluding hydrogens is 304 g/mol. The fourth-order valence-electron chi connectivity index (χ4n) is 1.91. The average molecular weight is 336 g/mol. The summed E-state index contributed by atoms with van der Waals surface area (Å²) < 4.78 is 28.5. The first-order valence-electron chi connectivity index (χ1n) is 7.79. The molecule has 0 heterocycles. The van der Waals surface area contributed by atoms with Gasteiger partial charge in [-0.1, -0.05) is 20.8 Å². The summed E-state index contributed by atoms with van der Waals surface area (Å²) in [6.45, 7) is 13.4. The van der Waals surface area contributed by atoms with E-state index in [9.17, 15) is 13.2 Å². The third kappa shape index (κ3) is 10.00. The van der Waals surface area contributed by atoms with Crippen LogP contribution in [0.5, 0.6) is 0 Å². The average Bonchev–Trinajstić information content (AvgIpc) is 2.31. The Morgan fingerprint density at radius 2 is 1.73 bits per heavy atom. The predicted molar refractivity (Wildman–Crippen MR) is 89.8 cm³/mol. The molecule has 0 spiro atoms. The smallest absolute Gasteiger partial charge is 0.407 e. The Kier molecular flexibility index (Phi) is 8.39. The highest BCUT2D eigenvalue weighted by Crippen LogP contribution is 2.07. The van der Waals surface area contributed by atoms with E-state index in [4.69, 9.17) is 4.74 Å². The van der Waals surface area contributed by atoms with Gasteiger partial charge in [-0.3, -0.25) is 0 Å². The fourth-order valence-corrected chi connectivity index (χ4v) is 3.00. The van der Waals surface area contributed by atoms with Gasteiger partial charge < -0.3 is 15.4 Å². The number of alkyl carbamates (subject to hydrolysis) is 1. The zero-order chi connectivity index (χ0) is 17.6. The van der Waals surface area contributed by atoms with Crippen molar-refractivity contribution in [3.63, 3.8) is 0 Å². The number of carbonyl (C=O) groups excluding carboxylic acids is 1. The van der Waals surface area contributed by atoms with Crippen LogP contribution in [0.15, 0.2) is 0 Å². The van der Waals surface area contributed by atoms with Crippen LogP contribution in [0.1, 0.15) is 48.5 Å². The Labute approximate surface area is 135 Å². The maximum absolute atomic E-state index is 11.7. The van der Waals surface area contributed by atoms with Gasteiger partial charge in [0.25, 0.3) is 0 Å². The van der Waals surface area contributed by atoms with Crippen molar-refractivity contribution in [2.24, 2.45) is 5.92 Å². The van der Waals surface area contributed by atoms with Crippen molar-refractivity contribution in [1.82, 2.24) is 10.6 Å². The molecule has 132 valence electrons. The van der Waals surface area contributed by atoms with Crippen LogP contribution >= 0.6 is 0 Å². The summed E-state index contributed by atoms with van der Waals surface area (Å²) in [6.07, 6.45) is -0.464. The summed E-state index contributed by atoms with van der Waals surface area (Å²) in [5.41, 5.74) is -0.534. The SMILES string of the molecule is CCS(=O)(=O)CC(C)NC(CNC(=O)OC(C)(C)C)C(C)C. The number of carbonyl (C=O) groups is 1. The number of nitrogens with one attached hydrogen (secondary N) is 2. The molecule has 22 heavy (non-hydrogen) atoms. The van der Waals surface area contributed by atoms with Crippen molar-refractivity contribution >= 4 is 15.9 Å². The van der Waals surface area contributed by atoms with Crippen molar-refractivity contribution in [1.29, 1.82) is 0 Å². The number of rotatable bonds is 8. The van der Waals surface area contributed by atoms with Crippen LogP contribution in [0.3, 0.4) is 0 Å². The number of amides is 1. The molecule has 0 aromatic carbocycles. The number of ether oxygens (including phenoxy) is 1. The lowest BCUT2D eigenvalue weighted by Crippen LogP contribution is -2.50. The standard InChI is InChI=1S/C15H32N2O4S/c1-8-22(19,20)10-12(4)17-13(11(2)3)9-16-14(18)21-15(5,6)7/h11-13,17H,8-10H2,1-7H3,(H,16,18). The van der Waals surface area contributed by atoms with E-state index in [0.29, 0.717) is 6.54 Å². The van der Waals surface area contributed by atoms with Gasteiger partial charge in [-0.15, -0.1) is 0 Å². The summed E-state index contributed by atoms with van der Waals surface area (Å²) in [5, 5.41) is 6.01. The van der Waals surface area contributed by atoms with Crippen molar-refractivity contribution in [2.75, 3.05) is 18.1 Å². The first kappa shape index (κ1) is 21.2. The maximum Gasteiger partial charge on any atom is 0.407 e. The summed E-state index contributed by atoms with van der Waals surface area (Å²) in [7, 11) is -3.02. The van der Waals surface area contributed by atoms with Crippen molar-refractivity contribution in [3.05, 3.63) is 0 Å². The summed E-state index contributed by atoms with van der Waals surface area (Å²) in [6, 6.07) is -0.188. The zero-order valence-corrected chi connectivity index (χ0v) is 15.7. The molecule has 0 fully saturated rings. The third-order valence-electron chi connectivity index (χ3n) is 3.11. The normalized spacial score (nSPS) is 15.5. The van der Waals surface area contributed by atoms with Crippen LogP contribution in [0.4, 0.5) is 4.79 Å². The van der Waals surface area contributed by atoms with Crippen LogP contribution in [0, 0.1) is 5.92 Å². The first-order chi connectivity index (χ1) is 9.86. The molecule has 7 heteroatoms. The van der Waals surface area contributed by atoms with E-state index in [1.807, 2.05) is 41.5 Å². The molecule has 0 rings (SSSR count). The summed E-state index contributed by atoms with van der Waals surface area (Å²) >= 11 is 0. The molecule has 0 saturated heterocycles.